The molecule has 1 saturated carbocycles. The van der Waals surface area contributed by atoms with Crippen molar-refractivity contribution in [2.75, 3.05) is 32.8 Å². The van der Waals surface area contributed by atoms with Gasteiger partial charge in [-0.2, -0.15) is 10.2 Å². The van der Waals surface area contributed by atoms with Crippen molar-refractivity contribution in [3.63, 3.8) is 0 Å². The van der Waals surface area contributed by atoms with E-state index in [1.165, 1.54) is 32.1 Å². The van der Waals surface area contributed by atoms with Crippen LogP contribution >= 0.6 is 0 Å². The minimum atomic E-state index is -0.0101. The van der Waals surface area contributed by atoms with Crippen LogP contribution in [-0.4, -0.2) is 64.6 Å². The van der Waals surface area contributed by atoms with Crippen molar-refractivity contribution >= 4 is 11.8 Å². The Balaban J connectivity index is 1.27. The highest BCUT2D eigenvalue weighted by atomic mass is 16.5. The Hall–Kier alpha value is -2.96. The number of carbonyl (C=O) groups is 2. The molecule has 1 aliphatic carbocycles. The summed E-state index contributed by atoms with van der Waals surface area (Å²) >= 11 is 0. The van der Waals surface area contributed by atoms with Crippen molar-refractivity contribution in [2.24, 2.45) is 5.92 Å². The van der Waals surface area contributed by atoms with Crippen molar-refractivity contribution in [3.8, 4) is 5.75 Å². The second-order valence-corrected chi connectivity index (χ2v) is 8.41. The lowest BCUT2D eigenvalue weighted by Crippen LogP contribution is -2.51. The molecule has 4 rings (SSSR count). The number of amides is 2. The van der Waals surface area contributed by atoms with Gasteiger partial charge in [-0.1, -0.05) is 25.3 Å². The molecule has 1 aliphatic heterocycles. The largest absolute Gasteiger partial charge is 0.493 e. The van der Waals surface area contributed by atoms with Crippen LogP contribution in [0.1, 0.15) is 48.2 Å². The van der Waals surface area contributed by atoms with Gasteiger partial charge in [0.15, 0.2) is 0 Å². The number of nitrogens with zero attached hydrogens (tertiary/aromatic N) is 4. The van der Waals surface area contributed by atoms with E-state index in [4.69, 9.17) is 4.74 Å². The van der Waals surface area contributed by atoms with Gasteiger partial charge in [0.25, 0.3) is 5.91 Å². The lowest BCUT2D eigenvalue weighted by atomic mass is 9.90. The van der Waals surface area contributed by atoms with E-state index in [1.54, 1.807) is 23.2 Å². The summed E-state index contributed by atoms with van der Waals surface area (Å²) in [4.78, 5) is 29.1. The quantitative estimate of drug-likeness (QED) is 0.715. The highest BCUT2D eigenvalue weighted by Crippen LogP contribution is 2.25. The third kappa shape index (κ3) is 5.81. The first-order chi connectivity index (χ1) is 15.2. The third-order valence-electron chi connectivity index (χ3n) is 6.17. The Labute approximate surface area is 183 Å². The first-order valence-corrected chi connectivity index (χ1v) is 11.3. The second kappa shape index (κ2) is 10.4. The van der Waals surface area contributed by atoms with Crippen LogP contribution in [0.15, 0.2) is 42.6 Å². The predicted octanol–water partition coefficient (Wildman–Crippen LogP) is 2.96. The summed E-state index contributed by atoms with van der Waals surface area (Å²) in [7, 11) is 0. The standard InChI is InChI=1S/C24H30N4O3/c29-23(17-21-9-5-11-25-26-21)27-12-14-28(15-13-27)24(30)20-8-4-10-22(16-20)31-18-19-6-2-1-3-7-19/h4-5,8-11,16,19H,1-3,6-7,12-15,17-18H2. The van der Waals surface area contributed by atoms with Gasteiger partial charge in [0.05, 0.1) is 18.7 Å². The van der Waals surface area contributed by atoms with Gasteiger partial charge in [-0.3, -0.25) is 9.59 Å². The van der Waals surface area contributed by atoms with Crippen LogP contribution in [0.2, 0.25) is 0 Å². The zero-order valence-electron chi connectivity index (χ0n) is 17.9. The van der Waals surface area contributed by atoms with E-state index < -0.39 is 0 Å². The summed E-state index contributed by atoms with van der Waals surface area (Å²) in [5.41, 5.74) is 1.30. The van der Waals surface area contributed by atoms with Crippen molar-refractivity contribution < 1.29 is 14.3 Å². The second-order valence-electron chi connectivity index (χ2n) is 8.41. The van der Waals surface area contributed by atoms with Crippen LogP contribution in [0.5, 0.6) is 5.75 Å². The van der Waals surface area contributed by atoms with Crippen molar-refractivity contribution in [2.45, 2.75) is 38.5 Å². The van der Waals surface area contributed by atoms with Gasteiger partial charge < -0.3 is 14.5 Å². The lowest BCUT2D eigenvalue weighted by Gasteiger charge is -2.34. The number of piperazine rings is 1. The minimum absolute atomic E-state index is 0.0101. The molecular formula is C24H30N4O3. The fourth-order valence-electron chi connectivity index (χ4n) is 4.32. The Morgan fingerprint density at radius 2 is 1.74 bits per heavy atom. The van der Waals surface area contributed by atoms with Gasteiger partial charge in [-0.05, 0) is 49.1 Å². The van der Waals surface area contributed by atoms with Crippen molar-refractivity contribution in [3.05, 3.63) is 53.9 Å². The molecule has 0 unspecified atom stereocenters. The smallest absolute Gasteiger partial charge is 0.254 e. The van der Waals surface area contributed by atoms with Gasteiger partial charge in [0.2, 0.25) is 5.91 Å². The zero-order chi connectivity index (χ0) is 21.5. The van der Waals surface area contributed by atoms with Crippen LogP contribution < -0.4 is 4.74 Å². The predicted molar refractivity (Wildman–Crippen MR) is 117 cm³/mol. The van der Waals surface area contributed by atoms with E-state index in [0.29, 0.717) is 43.4 Å². The minimum Gasteiger partial charge on any atom is -0.493 e. The van der Waals surface area contributed by atoms with Gasteiger partial charge in [0, 0.05) is 37.9 Å². The molecule has 2 aliphatic rings. The average molecular weight is 423 g/mol. The number of aromatic nitrogens is 2. The molecule has 31 heavy (non-hydrogen) atoms. The zero-order valence-corrected chi connectivity index (χ0v) is 17.9. The summed E-state index contributed by atoms with van der Waals surface area (Å²) in [6, 6.07) is 11.1. The van der Waals surface area contributed by atoms with E-state index >= 15 is 0 Å². The Morgan fingerprint density at radius 3 is 2.48 bits per heavy atom. The van der Waals surface area contributed by atoms with E-state index in [1.807, 2.05) is 29.2 Å². The van der Waals surface area contributed by atoms with Crippen LogP contribution in [0, 0.1) is 5.92 Å². The molecule has 1 saturated heterocycles. The molecule has 2 amide bonds. The van der Waals surface area contributed by atoms with Crippen LogP contribution in [0.4, 0.5) is 0 Å². The van der Waals surface area contributed by atoms with Gasteiger partial charge in [-0.15, -0.1) is 0 Å². The molecule has 7 nitrogen and oxygen atoms in total. The van der Waals surface area contributed by atoms with Crippen LogP contribution in [-0.2, 0) is 11.2 Å². The highest BCUT2D eigenvalue weighted by molar-refractivity contribution is 5.94. The summed E-state index contributed by atoms with van der Waals surface area (Å²) < 4.78 is 5.99. The highest BCUT2D eigenvalue weighted by Gasteiger charge is 2.25. The van der Waals surface area contributed by atoms with Crippen molar-refractivity contribution in [1.82, 2.24) is 20.0 Å². The third-order valence-corrected chi connectivity index (χ3v) is 6.17. The normalized spacial score (nSPS) is 17.4. The van der Waals surface area contributed by atoms with E-state index in [2.05, 4.69) is 10.2 Å². The molecule has 2 aromatic rings. The van der Waals surface area contributed by atoms with Crippen LogP contribution in [0.25, 0.3) is 0 Å². The molecule has 0 radical (unpaired) electrons. The number of carbonyl (C=O) groups excluding carboxylic acids is 2. The number of hydrogen-bond donors (Lipinski definition) is 0. The molecule has 0 spiro atoms. The Bertz CT molecular complexity index is 875. The summed E-state index contributed by atoms with van der Waals surface area (Å²) in [5.74, 6) is 1.39. The topological polar surface area (TPSA) is 75.6 Å². The first-order valence-electron chi connectivity index (χ1n) is 11.3. The van der Waals surface area contributed by atoms with Gasteiger partial charge >= 0.3 is 0 Å². The van der Waals surface area contributed by atoms with E-state index in [9.17, 15) is 9.59 Å². The molecule has 0 N–H and O–H groups in total. The van der Waals surface area contributed by atoms with Crippen molar-refractivity contribution in [1.29, 1.82) is 0 Å². The molecule has 2 heterocycles. The molecule has 1 aromatic heterocycles. The summed E-state index contributed by atoms with van der Waals surface area (Å²) in [5, 5.41) is 7.79. The van der Waals surface area contributed by atoms with Crippen LogP contribution in [0.3, 0.4) is 0 Å². The molecule has 7 heteroatoms. The fraction of sp³-hybridized carbons (Fsp3) is 0.500. The number of hydrogen-bond acceptors (Lipinski definition) is 5. The molecule has 0 bridgehead atoms. The van der Waals surface area contributed by atoms with Gasteiger partial charge in [0.1, 0.15) is 5.75 Å². The number of benzene rings is 1. The molecule has 1 aromatic carbocycles. The molecule has 164 valence electrons. The monoisotopic (exact) mass is 422 g/mol. The first kappa shape index (κ1) is 21.3. The summed E-state index contributed by atoms with van der Waals surface area (Å²) in [6.07, 6.45) is 8.22. The SMILES string of the molecule is O=C(Cc1cccnn1)N1CCN(C(=O)c2cccc(OCC3CCCCC3)c2)CC1. The Morgan fingerprint density at radius 1 is 0.968 bits per heavy atom. The maximum atomic E-state index is 13.0. The van der Waals surface area contributed by atoms with Gasteiger partial charge in [-0.25, -0.2) is 0 Å². The molecular weight excluding hydrogens is 392 g/mol. The van der Waals surface area contributed by atoms with E-state index in [0.717, 1.165) is 12.4 Å². The summed E-state index contributed by atoms with van der Waals surface area (Å²) in [6.45, 7) is 2.84. The fourth-order valence-corrected chi connectivity index (χ4v) is 4.32. The molecule has 0 atom stereocenters. The maximum absolute atomic E-state index is 13.0. The lowest BCUT2D eigenvalue weighted by molar-refractivity contribution is -0.132. The Kier molecular flexibility index (Phi) is 7.12. The van der Waals surface area contributed by atoms with E-state index in [-0.39, 0.29) is 18.2 Å². The number of rotatable bonds is 6. The molecule has 2 fully saturated rings. The number of ether oxygens (including phenoxy) is 1. The maximum Gasteiger partial charge on any atom is 0.254 e. The average Bonchev–Trinajstić information content (AvgIpc) is 2.84.